The first kappa shape index (κ1) is 12.1. The number of H-pyrrole nitrogens is 1. The maximum absolute atomic E-state index is 12.4. The molecule has 4 rings (SSSR count). The zero-order valence-electron chi connectivity index (χ0n) is 10.7. The Bertz CT molecular complexity index is 895. The summed E-state index contributed by atoms with van der Waals surface area (Å²) in [6, 6.07) is 8.23. The molecule has 1 N–H and O–H groups in total. The van der Waals surface area contributed by atoms with E-state index in [0.717, 1.165) is 22.4 Å². The first-order valence-electron chi connectivity index (χ1n) is 6.43. The molecule has 0 fully saturated rings. The van der Waals surface area contributed by atoms with Crippen LogP contribution in [0.3, 0.4) is 0 Å². The highest BCUT2D eigenvalue weighted by Crippen LogP contribution is 2.44. The third-order valence-electron chi connectivity index (χ3n) is 3.67. The van der Waals surface area contributed by atoms with Crippen LogP contribution in [0.1, 0.15) is 28.6 Å². The fourth-order valence-corrected chi connectivity index (χ4v) is 4.08. The van der Waals surface area contributed by atoms with Gasteiger partial charge in [-0.15, -0.1) is 22.9 Å². The fraction of sp³-hybridized carbons (Fsp3) is 0.200. The minimum atomic E-state index is -0.295. The van der Waals surface area contributed by atoms with Crippen LogP contribution in [0, 0.1) is 0 Å². The maximum atomic E-state index is 12.4. The van der Waals surface area contributed by atoms with Gasteiger partial charge >= 0.3 is 0 Å². The molecule has 1 aliphatic carbocycles. The van der Waals surface area contributed by atoms with Gasteiger partial charge in [0.05, 0.1) is 10.8 Å². The molecule has 1 aromatic carbocycles. The number of halogens is 1. The van der Waals surface area contributed by atoms with Crippen LogP contribution in [-0.4, -0.2) is 9.97 Å². The molecular formula is C15H11ClN2OS. The van der Waals surface area contributed by atoms with Gasteiger partial charge in [0, 0.05) is 16.9 Å². The van der Waals surface area contributed by atoms with Crippen molar-refractivity contribution in [3.8, 4) is 11.1 Å². The number of alkyl halides is 1. The number of rotatable bonds is 1. The predicted octanol–water partition coefficient (Wildman–Crippen LogP) is 3.86. The van der Waals surface area contributed by atoms with Crippen molar-refractivity contribution < 1.29 is 0 Å². The summed E-state index contributed by atoms with van der Waals surface area (Å²) in [5.41, 5.74) is 3.41. The number of thiophene rings is 1. The van der Waals surface area contributed by atoms with Crippen LogP contribution in [0.5, 0.6) is 0 Å². The summed E-state index contributed by atoms with van der Waals surface area (Å²) >= 11 is 7.62. The van der Waals surface area contributed by atoms with E-state index in [1.165, 1.54) is 10.4 Å². The summed E-state index contributed by atoms with van der Waals surface area (Å²) in [4.78, 5) is 21.7. The normalized spacial score (nSPS) is 14.3. The van der Waals surface area contributed by atoms with Gasteiger partial charge in [-0.05, 0) is 18.1 Å². The van der Waals surface area contributed by atoms with Gasteiger partial charge < -0.3 is 4.98 Å². The topological polar surface area (TPSA) is 45.8 Å². The van der Waals surface area contributed by atoms with Crippen LogP contribution in [0.15, 0.2) is 29.1 Å². The Hall–Kier alpha value is -1.65. The highest BCUT2D eigenvalue weighted by molar-refractivity contribution is 7.19. The smallest absolute Gasteiger partial charge is 0.260 e. The Morgan fingerprint density at radius 2 is 2.20 bits per heavy atom. The SMILES string of the molecule is CC(Cl)c1nc2sc3c(c2c(=O)[nH]1)-c1ccccc1C3. The summed E-state index contributed by atoms with van der Waals surface area (Å²) in [6.07, 6.45) is 0.887. The van der Waals surface area contributed by atoms with Crippen molar-refractivity contribution in [1.29, 1.82) is 0 Å². The molecule has 0 saturated carbocycles. The lowest BCUT2D eigenvalue weighted by Gasteiger charge is -2.03. The number of benzene rings is 1. The molecule has 3 nitrogen and oxygen atoms in total. The van der Waals surface area contributed by atoms with E-state index in [2.05, 4.69) is 22.1 Å². The zero-order chi connectivity index (χ0) is 13.9. The zero-order valence-corrected chi connectivity index (χ0v) is 12.3. The Labute approximate surface area is 124 Å². The largest absolute Gasteiger partial charge is 0.309 e. The molecule has 3 aromatic rings. The summed E-state index contributed by atoms with van der Waals surface area (Å²) in [7, 11) is 0. The van der Waals surface area contributed by atoms with Gasteiger partial charge in [0.1, 0.15) is 10.7 Å². The third kappa shape index (κ3) is 1.58. The lowest BCUT2D eigenvalue weighted by molar-refractivity contribution is 0.917. The van der Waals surface area contributed by atoms with E-state index >= 15 is 0 Å². The number of nitrogens with zero attached hydrogens (tertiary/aromatic N) is 1. The predicted molar refractivity (Wildman–Crippen MR) is 82.8 cm³/mol. The molecule has 5 heteroatoms. The highest BCUT2D eigenvalue weighted by atomic mass is 35.5. The van der Waals surface area contributed by atoms with Crippen molar-refractivity contribution in [2.24, 2.45) is 0 Å². The lowest BCUT2D eigenvalue weighted by atomic mass is 10.1. The van der Waals surface area contributed by atoms with Crippen LogP contribution in [0.25, 0.3) is 21.3 Å². The molecule has 0 amide bonds. The Morgan fingerprint density at radius 1 is 1.40 bits per heavy atom. The van der Waals surface area contributed by atoms with Gasteiger partial charge in [-0.2, -0.15) is 0 Å². The number of hydrogen-bond donors (Lipinski definition) is 1. The summed E-state index contributed by atoms with van der Waals surface area (Å²) in [6.45, 7) is 1.81. The van der Waals surface area contributed by atoms with Crippen molar-refractivity contribution in [2.75, 3.05) is 0 Å². The fourth-order valence-electron chi connectivity index (χ4n) is 2.76. The molecule has 1 unspecified atom stereocenters. The second kappa shape index (κ2) is 4.17. The van der Waals surface area contributed by atoms with Gasteiger partial charge in [-0.25, -0.2) is 4.98 Å². The number of aromatic amines is 1. The third-order valence-corrected chi connectivity index (χ3v) is 4.96. The molecule has 0 saturated heterocycles. The van der Waals surface area contributed by atoms with Gasteiger partial charge in [0.25, 0.3) is 5.56 Å². The van der Waals surface area contributed by atoms with Crippen LogP contribution in [-0.2, 0) is 6.42 Å². The van der Waals surface area contributed by atoms with Crippen LogP contribution < -0.4 is 5.56 Å². The quantitative estimate of drug-likeness (QED) is 0.543. The molecule has 1 aliphatic rings. The molecule has 1 atom stereocenters. The van der Waals surface area contributed by atoms with E-state index in [4.69, 9.17) is 11.6 Å². The van der Waals surface area contributed by atoms with E-state index in [0.29, 0.717) is 11.2 Å². The Balaban J connectivity index is 2.08. The van der Waals surface area contributed by atoms with Crippen molar-refractivity contribution in [3.05, 3.63) is 50.9 Å². The molecule has 20 heavy (non-hydrogen) atoms. The Morgan fingerprint density at radius 3 is 3.00 bits per heavy atom. The second-order valence-electron chi connectivity index (χ2n) is 4.98. The second-order valence-corrected chi connectivity index (χ2v) is 6.72. The van der Waals surface area contributed by atoms with Gasteiger partial charge in [0.2, 0.25) is 0 Å². The minimum absolute atomic E-state index is 0.0910. The van der Waals surface area contributed by atoms with Crippen LogP contribution >= 0.6 is 22.9 Å². The van der Waals surface area contributed by atoms with Gasteiger partial charge in [0.15, 0.2) is 0 Å². The summed E-state index contributed by atoms with van der Waals surface area (Å²) in [5, 5.41) is 0.410. The summed E-state index contributed by atoms with van der Waals surface area (Å²) < 4.78 is 0. The molecule has 0 bridgehead atoms. The number of hydrogen-bond acceptors (Lipinski definition) is 3. The van der Waals surface area contributed by atoms with E-state index in [1.807, 2.05) is 19.1 Å². The molecule has 2 aromatic heterocycles. The molecular weight excluding hydrogens is 292 g/mol. The highest BCUT2D eigenvalue weighted by Gasteiger charge is 2.26. The van der Waals surface area contributed by atoms with Gasteiger partial charge in [-0.1, -0.05) is 24.3 Å². The molecule has 100 valence electrons. The van der Waals surface area contributed by atoms with E-state index in [1.54, 1.807) is 11.3 Å². The summed E-state index contributed by atoms with van der Waals surface area (Å²) in [5.74, 6) is 0.539. The molecule has 0 aliphatic heterocycles. The molecule has 2 heterocycles. The van der Waals surface area contributed by atoms with Crippen LogP contribution in [0.2, 0.25) is 0 Å². The average molecular weight is 303 g/mol. The van der Waals surface area contributed by atoms with E-state index in [-0.39, 0.29) is 10.9 Å². The van der Waals surface area contributed by atoms with Crippen molar-refractivity contribution in [2.45, 2.75) is 18.7 Å². The number of fused-ring (bicyclic) bond motifs is 5. The first-order chi connectivity index (χ1) is 9.65. The lowest BCUT2D eigenvalue weighted by Crippen LogP contribution is -2.11. The first-order valence-corrected chi connectivity index (χ1v) is 7.68. The van der Waals surface area contributed by atoms with Crippen molar-refractivity contribution in [3.63, 3.8) is 0 Å². The average Bonchev–Trinajstić information content (AvgIpc) is 2.93. The maximum Gasteiger partial charge on any atom is 0.260 e. The molecule has 0 spiro atoms. The number of nitrogens with one attached hydrogen (secondary N) is 1. The monoisotopic (exact) mass is 302 g/mol. The standard InChI is InChI=1S/C15H11ClN2OS/c1-7(16)13-17-14(19)12-11-9-5-3-2-4-8(9)6-10(11)20-15(12)18-13/h2-5,7H,6H2,1H3,(H,17,18,19). The van der Waals surface area contributed by atoms with E-state index in [9.17, 15) is 4.79 Å². The number of aromatic nitrogens is 2. The minimum Gasteiger partial charge on any atom is -0.309 e. The van der Waals surface area contributed by atoms with Gasteiger partial charge in [-0.3, -0.25) is 4.79 Å². The van der Waals surface area contributed by atoms with E-state index < -0.39 is 0 Å². The Kier molecular flexibility index (Phi) is 2.53. The van der Waals surface area contributed by atoms with Crippen LogP contribution in [0.4, 0.5) is 0 Å². The van der Waals surface area contributed by atoms with Crippen molar-refractivity contribution in [1.82, 2.24) is 9.97 Å². The van der Waals surface area contributed by atoms with Crippen molar-refractivity contribution >= 4 is 33.2 Å². The molecule has 0 radical (unpaired) electrons.